The third kappa shape index (κ3) is 6.70. The molecule has 28 heavy (non-hydrogen) atoms. The van der Waals surface area contributed by atoms with Crippen LogP contribution in [0.4, 0.5) is 0 Å². The Labute approximate surface area is 171 Å². The second kappa shape index (κ2) is 10.5. The smallest absolute Gasteiger partial charge is 0.325 e. The molecule has 2 rings (SSSR count). The van der Waals surface area contributed by atoms with Crippen LogP contribution in [0.1, 0.15) is 28.9 Å². The summed E-state index contributed by atoms with van der Waals surface area (Å²) in [6.07, 6.45) is 0. The van der Waals surface area contributed by atoms with Gasteiger partial charge >= 0.3 is 5.97 Å². The summed E-state index contributed by atoms with van der Waals surface area (Å²) in [6, 6.07) is 13.7. The van der Waals surface area contributed by atoms with E-state index in [1.807, 2.05) is 31.2 Å². The van der Waals surface area contributed by atoms with Gasteiger partial charge in [-0.1, -0.05) is 28.1 Å². The zero-order chi connectivity index (χ0) is 20.5. The van der Waals surface area contributed by atoms with E-state index in [1.54, 1.807) is 24.3 Å². The van der Waals surface area contributed by atoms with E-state index in [1.165, 1.54) is 7.11 Å². The number of halogens is 1. The minimum atomic E-state index is -0.701. The Bertz CT molecular complexity index is 821. The second-order valence-electron chi connectivity index (χ2n) is 5.91. The molecule has 1 atom stereocenters. The number of carbonyl (C=O) groups is 3. The molecule has 0 aliphatic carbocycles. The van der Waals surface area contributed by atoms with Crippen LogP contribution in [0.25, 0.3) is 0 Å². The van der Waals surface area contributed by atoms with Crippen molar-refractivity contribution in [1.82, 2.24) is 10.6 Å². The largest absolute Gasteiger partial charge is 0.497 e. The van der Waals surface area contributed by atoms with Gasteiger partial charge in [0.25, 0.3) is 11.8 Å². The van der Waals surface area contributed by atoms with Gasteiger partial charge in [-0.15, -0.1) is 0 Å². The monoisotopic (exact) mass is 448 g/mol. The second-order valence-corrected chi connectivity index (χ2v) is 6.83. The first-order valence-electron chi connectivity index (χ1n) is 8.51. The van der Waals surface area contributed by atoms with Crippen molar-refractivity contribution in [3.8, 4) is 5.75 Å². The number of hydrogen-bond acceptors (Lipinski definition) is 5. The van der Waals surface area contributed by atoms with E-state index in [4.69, 9.17) is 9.47 Å². The van der Waals surface area contributed by atoms with Crippen LogP contribution in [0, 0.1) is 0 Å². The number of hydrogen-bond donors (Lipinski definition) is 2. The van der Waals surface area contributed by atoms with Gasteiger partial charge in [-0.25, -0.2) is 0 Å². The minimum absolute atomic E-state index is 0.228. The maximum absolute atomic E-state index is 12.0. The molecule has 0 fully saturated rings. The number of esters is 1. The number of benzene rings is 2. The van der Waals surface area contributed by atoms with Crippen LogP contribution < -0.4 is 15.4 Å². The van der Waals surface area contributed by atoms with E-state index in [0.717, 1.165) is 10.0 Å². The summed E-state index contributed by atoms with van der Waals surface area (Å²) in [4.78, 5) is 35.6. The lowest BCUT2D eigenvalue weighted by atomic mass is 10.1. The molecular weight excluding hydrogens is 428 g/mol. The van der Waals surface area contributed by atoms with Gasteiger partial charge in [0.2, 0.25) is 0 Å². The Morgan fingerprint density at radius 2 is 1.68 bits per heavy atom. The van der Waals surface area contributed by atoms with Crippen LogP contribution in [0.2, 0.25) is 0 Å². The van der Waals surface area contributed by atoms with Gasteiger partial charge in [-0.3, -0.25) is 14.4 Å². The molecule has 0 heterocycles. The molecule has 0 aliphatic heterocycles. The summed E-state index contributed by atoms with van der Waals surface area (Å²) in [5.74, 6) is -0.925. The van der Waals surface area contributed by atoms with E-state index in [9.17, 15) is 14.4 Å². The van der Waals surface area contributed by atoms with Crippen molar-refractivity contribution in [3.63, 3.8) is 0 Å². The molecule has 0 radical (unpaired) electrons. The summed E-state index contributed by atoms with van der Waals surface area (Å²) in [6.45, 7) is 1.08. The van der Waals surface area contributed by atoms with Gasteiger partial charge in [-0.05, 0) is 48.9 Å². The first kappa shape index (κ1) is 21.4. The summed E-state index contributed by atoms with van der Waals surface area (Å²) < 4.78 is 10.9. The number of nitrogens with one attached hydrogen (secondary N) is 2. The zero-order valence-corrected chi connectivity index (χ0v) is 17.1. The van der Waals surface area contributed by atoms with Gasteiger partial charge in [-0.2, -0.15) is 0 Å². The highest BCUT2D eigenvalue weighted by atomic mass is 79.9. The molecule has 0 saturated carbocycles. The Hall–Kier alpha value is -2.87. The summed E-state index contributed by atoms with van der Waals surface area (Å²) >= 11 is 3.35. The van der Waals surface area contributed by atoms with E-state index < -0.39 is 24.4 Å². The highest BCUT2D eigenvalue weighted by Crippen LogP contribution is 2.16. The third-order valence-corrected chi connectivity index (χ3v) is 4.39. The average molecular weight is 449 g/mol. The number of ether oxygens (including phenoxy) is 2. The Morgan fingerprint density at radius 3 is 2.29 bits per heavy atom. The summed E-state index contributed by atoms with van der Waals surface area (Å²) in [5, 5.41) is 5.18. The van der Waals surface area contributed by atoms with Crippen LogP contribution >= 0.6 is 15.9 Å². The van der Waals surface area contributed by atoms with Gasteiger partial charge in [0.1, 0.15) is 12.3 Å². The molecule has 1 unspecified atom stereocenters. The van der Waals surface area contributed by atoms with E-state index in [0.29, 0.717) is 11.3 Å². The zero-order valence-electron chi connectivity index (χ0n) is 15.5. The van der Waals surface area contributed by atoms with E-state index in [2.05, 4.69) is 26.6 Å². The molecule has 7 nitrogen and oxygen atoms in total. The van der Waals surface area contributed by atoms with Crippen molar-refractivity contribution in [2.24, 2.45) is 0 Å². The van der Waals surface area contributed by atoms with Crippen LogP contribution in [0.3, 0.4) is 0 Å². The fourth-order valence-corrected chi connectivity index (χ4v) is 2.58. The number of methoxy groups -OCH3 is 1. The fourth-order valence-electron chi connectivity index (χ4n) is 2.31. The Kier molecular flexibility index (Phi) is 8.01. The predicted octanol–water partition coefficient (Wildman–Crippen LogP) is 2.61. The highest BCUT2D eigenvalue weighted by molar-refractivity contribution is 9.10. The molecule has 2 aromatic carbocycles. The van der Waals surface area contributed by atoms with Crippen molar-refractivity contribution in [3.05, 3.63) is 64.1 Å². The maximum atomic E-state index is 12.0. The van der Waals surface area contributed by atoms with E-state index in [-0.39, 0.29) is 12.6 Å². The topological polar surface area (TPSA) is 93.7 Å². The molecule has 0 saturated heterocycles. The number of amides is 2. The van der Waals surface area contributed by atoms with Crippen molar-refractivity contribution >= 4 is 33.7 Å². The molecule has 0 aliphatic rings. The molecule has 2 aromatic rings. The van der Waals surface area contributed by atoms with Crippen molar-refractivity contribution in [2.75, 3.05) is 20.3 Å². The summed E-state index contributed by atoms with van der Waals surface area (Å²) in [7, 11) is 1.53. The molecule has 0 aromatic heterocycles. The Balaban J connectivity index is 1.71. The first-order valence-corrected chi connectivity index (χ1v) is 9.31. The normalized spacial score (nSPS) is 11.2. The third-order valence-electron chi connectivity index (χ3n) is 3.86. The molecule has 2 amide bonds. The standard InChI is InChI=1S/C20H21BrN2O5/c1-13(14-3-7-16(21)8-4-14)23-18(24)12-28-19(25)11-22-20(26)15-5-9-17(27-2)10-6-15/h3-10,13H,11-12H2,1-2H3,(H,22,26)(H,23,24). The van der Waals surface area contributed by atoms with Crippen LogP contribution in [0.5, 0.6) is 5.75 Å². The molecule has 8 heteroatoms. The lowest BCUT2D eigenvalue weighted by Gasteiger charge is -2.14. The lowest BCUT2D eigenvalue weighted by molar-refractivity contribution is -0.147. The van der Waals surface area contributed by atoms with E-state index >= 15 is 0 Å². The number of carbonyl (C=O) groups excluding carboxylic acids is 3. The van der Waals surface area contributed by atoms with Crippen LogP contribution in [-0.4, -0.2) is 38.0 Å². The van der Waals surface area contributed by atoms with Gasteiger partial charge < -0.3 is 20.1 Å². The first-order chi connectivity index (χ1) is 13.4. The van der Waals surface area contributed by atoms with Crippen molar-refractivity contribution < 1.29 is 23.9 Å². The number of rotatable bonds is 8. The van der Waals surface area contributed by atoms with Crippen molar-refractivity contribution in [1.29, 1.82) is 0 Å². The molecule has 2 N–H and O–H groups in total. The minimum Gasteiger partial charge on any atom is -0.497 e. The maximum Gasteiger partial charge on any atom is 0.325 e. The van der Waals surface area contributed by atoms with Crippen molar-refractivity contribution in [2.45, 2.75) is 13.0 Å². The van der Waals surface area contributed by atoms with Gasteiger partial charge in [0, 0.05) is 10.0 Å². The fraction of sp³-hybridized carbons (Fsp3) is 0.250. The van der Waals surface area contributed by atoms with Crippen LogP contribution in [-0.2, 0) is 14.3 Å². The Morgan fingerprint density at radius 1 is 1.04 bits per heavy atom. The molecule has 0 spiro atoms. The predicted molar refractivity (Wildman–Crippen MR) is 107 cm³/mol. The average Bonchev–Trinajstić information content (AvgIpc) is 2.71. The SMILES string of the molecule is COc1ccc(C(=O)NCC(=O)OCC(=O)NC(C)c2ccc(Br)cc2)cc1. The molecule has 0 bridgehead atoms. The highest BCUT2D eigenvalue weighted by Gasteiger charge is 2.13. The quantitative estimate of drug-likeness (QED) is 0.605. The van der Waals surface area contributed by atoms with Gasteiger partial charge in [0.05, 0.1) is 13.2 Å². The molecular formula is C20H21BrN2O5. The lowest BCUT2D eigenvalue weighted by Crippen LogP contribution is -2.34. The van der Waals surface area contributed by atoms with Crippen LogP contribution in [0.15, 0.2) is 53.0 Å². The van der Waals surface area contributed by atoms with Gasteiger partial charge in [0.15, 0.2) is 6.61 Å². The summed E-state index contributed by atoms with van der Waals surface area (Å²) in [5.41, 5.74) is 1.31. The molecule has 148 valence electrons.